The van der Waals surface area contributed by atoms with Gasteiger partial charge in [0.15, 0.2) is 17.5 Å². The molecule has 0 amide bonds. The second-order valence-electron chi connectivity index (χ2n) is 6.72. The molecule has 2 aromatic carbocycles. The highest BCUT2D eigenvalue weighted by Crippen LogP contribution is 2.30. The Labute approximate surface area is 178 Å². The van der Waals surface area contributed by atoms with Gasteiger partial charge in [-0.2, -0.15) is 0 Å². The van der Waals surface area contributed by atoms with Crippen molar-refractivity contribution in [1.82, 2.24) is 10.6 Å². The molecule has 1 unspecified atom stereocenters. The Morgan fingerprint density at radius 3 is 2.47 bits per heavy atom. The molecular weight excluding hydrogens is 385 g/mol. The van der Waals surface area contributed by atoms with Crippen molar-refractivity contribution in [3.63, 3.8) is 0 Å². The van der Waals surface area contributed by atoms with Crippen LogP contribution in [0, 0.1) is 5.82 Å². The fourth-order valence-corrected chi connectivity index (χ4v) is 2.96. The van der Waals surface area contributed by atoms with Gasteiger partial charge in [-0.1, -0.05) is 12.1 Å². The molecule has 7 heteroatoms. The summed E-state index contributed by atoms with van der Waals surface area (Å²) in [4.78, 5) is 4.59. The topological polar surface area (TPSA) is 75.1 Å². The molecule has 2 rings (SSSR count). The fourth-order valence-electron chi connectivity index (χ4n) is 2.96. The second kappa shape index (κ2) is 12.0. The summed E-state index contributed by atoms with van der Waals surface area (Å²) in [6.07, 6.45) is 0. The summed E-state index contributed by atoms with van der Waals surface area (Å²) >= 11 is 0. The molecule has 0 saturated carbocycles. The molecule has 0 aliphatic rings. The maximum Gasteiger partial charge on any atom is 0.192 e. The van der Waals surface area contributed by atoms with E-state index in [1.54, 1.807) is 12.1 Å². The zero-order chi connectivity index (χ0) is 21.9. The van der Waals surface area contributed by atoms with Crippen molar-refractivity contribution in [3.8, 4) is 11.5 Å². The van der Waals surface area contributed by atoms with E-state index in [9.17, 15) is 9.50 Å². The first-order chi connectivity index (χ1) is 14.5. The lowest BCUT2D eigenvalue weighted by Crippen LogP contribution is -2.38. The van der Waals surface area contributed by atoms with Gasteiger partial charge in [0.1, 0.15) is 5.82 Å². The quantitative estimate of drug-likeness (QED) is 0.403. The Kier molecular flexibility index (Phi) is 9.41. The minimum absolute atomic E-state index is 0.0288. The van der Waals surface area contributed by atoms with E-state index in [1.807, 2.05) is 45.9 Å². The molecule has 0 aromatic heterocycles. The predicted molar refractivity (Wildman–Crippen MR) is 117 cm³/mol. The van der Waals surface area contributed by atoms with Gasteiger partial charge in [-0.25, -0.2) is 9.38 Å². The molecule has 0 aliphatic heterocycles. The van der Waals surface area contributed by atoms with E-state index in [2.05, 4.69) is 15.6 Å². The number of aliphatic imine (C=N–C) groups is 1. The molecule has 0 heterocycles. The van der Waals surface area contributed by atoms with E-state index in [4.69, 9.17) is 9.47 Å². The average molecular weight is 418 g/mol. The second-order valence-corrected chi connectivity index (χ2v) is 6.72. The van der Waals surface area contributed by atoms with E-state index in [-0.39, 0.29) is 18.2 Å². The summed E-state index contributed by atoms with van der Waals surface area (Å²) < 4.78 is 24.9. The lowest BCUT2D eigenvalue weighted by Gasteiger charge is -2.20. The van der Waals surface area contributed by atoms with Gasteiger partial charge >= 0.3 is 0 Å². The molecule has 3 N–H and O–H groups in total. The van der Waals surface area contributed by atoms with Crippen molar-refractivity contribution in [2.45, 2.75) is 46.9 Å². The minimum Gasteiger partial charge on any atom is -0.490 e. The number of guanidine groups is 1. The van der Waals surface area contributed by atoms with Crippen molar-refractivity contribution in [2.24, 2.45) is 4.99 Å². The van der Waals surface area contributed by atoms with Gasteiger partial charge in [0.05, 0.1) is 32.4 Å². The van der Waals surface area contributed by atoms with Crippen LogP contribution in [0.15, 0.2) is 41.4 Å². The monoisotopic (exact) mass is 417 g/mol. The molecule has 0 fully saturated rings. The van der Waals surface area contributed by atoms with Gasteiger partial charge in [0.2, 0.25) is 0 Å². The van der Waals surface area contributed by atoms with Gasteiger partial charge < -0.3 is 25.2 Å². The molecule has 0 spiro atoms. The predicted octanol–water partition coefficient (Wildman–Crippen LogP) is 3.93. The summed E-state index contributed by atoms with van der Waals surface area (Å²) in [6.45, 7) is 9.79. The number of halogens is 1. The molecule has 0 aliphatic carbocycles. The highest BCUT2D eigenvalue weighted by molar-refractivity contribution is 5.80. The number of aliphatic hydroxyl groups excluding tert-OH is 1. The van der Waals surface area contributed by atoms with Gasteiger partial charge in [0, 0.05) is 12.1 Å². The van der Waals surface area contributed by atoms with Crippen LogP contribution in [0.2, 0.25) is 0 Å². The number of hydrogen-bond acceptors (Lipinski definition) is 4. The van der Waals surface area contributed by atoms with E-state index < -0.39 is 5.82 Å². The number of aliphatic hydroxyl groups is 1. The standard InChI is InChI=1S/C23H32FN3O3/c1-5-25-23(26-14-17-8-10-20(24)19(12-17)15-28)27-16(4)18-9-11-21(29-6-2)22(13-18)30-7-3/h8-13,16,28H,5-7,14-15H2,1-4H3,(H2,25,26,27). The number of hydrogen-bond donors (Lipinski definition) is 3. The molecule has 30 heavy (non-hydrogen) atoms. The SMILES string of the molecule is CCNC(=NCc1ccc(F)c(CO)c1)NC(C)c1ccc(OCC)c(OCC)c1. The van der Waals surface area contributed by atoms with Crippen LogP contribution >= 0.6 is 0 Å². The van der Waals surface area contributed by atoms with Crippen LogP contribution in [0.4, 0.5) is 4.39 Å². The molecule has 0 saturated heterocycles. The van der Waals surface area contributed by atoms with Crippen LogP contribution in [0.3, 0.4) is 0 Å². The van der Waals surface area contributed by atoms with E-state index in [0.29, 0.717) is 32.3 Å². The maximum atomic E-state index is 13.6. The number of ether oxygens (including phenoxy) is 2. The van der Waals surface area contributed by atoms with Crippen molar-refractivity contribution < 1.29 is 19.0 Å². The third-order valence-electron chi connectivity index (χ3n) is 4.47. The third-order valence-corrected chi connectivity index (χ3v) is 4.47. The molecule has 0 radical (unpaired) electrons. The molecule has 0 bridgehead atoms. The number of nitrogens with zero attached hydrogens (tertiary/aromatic N) is 1. The largest absolute Gasteiger partial charge is 0.490 e. The fraction of sp³-hybridized carbons (Fsp3) is 0.435. The maximum absolute atomic E-state index is 13.6. The van der Waals surface area contributed by atoms with Crippen molar-refractivity contribution in [1.29, 1.82) is 0 Å². The molecule has 6 nitrogen and oxygen atoms in total. The van der Waals surface area contributed by atoms with Crippen LogP contribution in [0.5, 0.6) is 11.5 Å². The summed E-state index contributed by atoms with van der Waals surface area (Å²) in [5, 5.41) is 15.9. The summed E-state index contributed by atoms with van der Waals surface area (Å²) in [5.41, 5.74) is 2.13. The molecule has 2 aromatic rings. The lowest BCUT2D eigenvalue weighted by molar-refractivity contribution is 0.275. The van der Waals surface area contributed by atoms with Gasteiger partial charge in [-0.3, -0.25) is 0 Å². The van der Waals surface area contributed by atoms with Crippen molar-refractivity contribution >= 4 is 5.96 Å². The van der Waals surface area contributed by atoms with Gasteiger partial charge in [0.25, 0.3) is 0 Å². The van der Waals surface area contributed by atoms with Crippen LogP contribution in [-0.4, -0.2) is 30.8 Å². The van der Waals surface area contributed by atoms with E-state index in [1.165, 1.54) is 6.07 Å². The van der Waals surface area contributed by atoms with Crippen LogP contribution in [0.25, 0.3) is 0 Å². The number of benzene rings is 2. The molecule has 164 valence electrons. The first-order valence-corrected chi connectivity index (χ1v) is 10.3. The Morgan fingerprint density at radius 2 is 1.80 bits per heavy atom. The van der Waals surface area contributed by atoms with E-state index in [0.717, 1.165) is 22.6 Å². The Bertz CT molecular complexity index is 842. The zero-order valence-corrected chi connectivity index (χ0v) is 18.2. The average Bonchev–Trinajstić information content (AvgIpc) is 2.74. The first kappa shape index (κ1) is 23.5. The Morgan fingerprint density at radius 1 is 1.07 bits per heavy atom. The minimum atomic E-state index is -0.413. The van der Waals surface area contributed by atoms with Crippen LogP contribution < -0.4 is 20.1 Å². The highest BCUT2D eigenvalue weighted by Gasteiger charge is 2.12. The van der Waals surface area contributed by atoms with Crippen LogP contribution in [-0.2, 0) is 13.2 Å². The van der Waals surface area contributed by atoms with Crippen molar-refractivity contribution in [2.75, 3.05) is 19.8 Å². The van der Waals surface area contributed by atoms with Gasteiger partial charge in [-0.15, -0.1) is 0 Å². The van der Waals surface area contributed by atoms with Crippen LogP contribution in [0.1, 0.15) is 50.4 Å². The number of nitrogens with one attached hydrogen (secondary N) is 2. The van der Waals surface area contributed by atoms with Gasteiger partial charge in [-0.05, 0) is 63.1 Å². The lowest BCUT2D eigenvalue weighted by atomic mass is 10.1. The normalized spacial score (nSPS) is 12.4. The Hall–Kier alpha value is -2.80. The highest BCUT2D eigenvalue weighted by atomic mass is 19.1. The first-order valence-electron chi connectivity index (χ1n) is 10.3. The summed E-state index contributed by atoms with van der Waals surface area (Å²) in [7, 11) is 0. The number of rotatable bonds is 10. The summed E-state index contributed by atoms with van der Waals surface area (Å²) in [5.74, 6) is 1.68. The van der Waals surface area contributed by atoms with Crippen molar-refractivity contribution in [3.05, 3.63) is 58.9 Å². The summed E-state index contributed by atoms with van der Waals surface area (Å²) in [6, 6.07) is 10.5. The zero-order valence-electron chi connectivity index (χ0n) is 18.2. The smallest absolute Gasteiger partial charge is 0.192 e. The molecule has 1 atom stereocenters. The third kappa shape index (κ3) is 6.62. The molecular formula is C23H32FN3O3. The Balaban J connectivity index is 2.15. The van der Waals surface area contributed by atoms with E-state index >= 15 is 0 Å².